The SMILES string of the molecule is COC(=O)Cc1ccc(N2C(=O)C(=O)/C(=C(/O)c3ccc(OC(C)C)c(C)c3)C2c2cccc(OC)c2)cc1. The second kappa shape index (κ2) is 11.4. The summed E-state index contributed by atoms with van der Waals surface area (Å²) in [4.78, 5) is 39.9. The maximum absolute atomic E-state index is 13.5. The van der Waals surface area contributed by atoms with Crippen molar-refractivity contribution in [3.63, 3.8) is 0 Å². The zero-order valence-electron chi connectivity index (χ0n) is 22.6. The molecular weight excluding hydrogens is 498 g/mol. The Morgan fingerprint density at radius 3 is 2.33 bits per heavy atom. The van der Waals surface area contributed by atoms with E-state index in [0.717, 1.165) is 5.56 Å². The minimum absolute atomic E-state index is 0.0273. The normalized spacial score (nSPS) is 16.5. The van der Waals surface area contributed by atoms with E-state index in [9.17, 15) is 19.5 Å². The lowest BCUT2D eigenvalue weighted by molar-refractivity contribution is -0.139. The summed E-state index contributed by atoms with van der Waals surface area (Å²) in [7, 11) is 2.84. The predicted molar refractivity (Wildman–Crippen MR) is 147 cm³/mol. The predicted octanol–water partition coefficient (Wildman–Crippen LogP) is 5.13. The molecule has 8 heteroatoms. The van der Waals surface area contributed by atoms with Gasteiger partial charge in [-0.2, -0.15) is 0 Å². The molecule has 1 aliphatic rings. The molecule has 1 saturated heterocycles. The summed E-state index contributed by atoms with van der Waals surface area (Å²) in [6, 6.07) is 18.0. The lowest BCUT2D eigenvalue weighted by Crippen LogP contribution is -2.29. The van der Waals surface area contributed by atoms with Crippen LogP contribution in [-0.4, -0.2) is 43.1 Å². The number of carbonyl (C=O) groups excluding carboxylic acids is 3. The van der Waals surface area contributed by atoms with Gasteiger partial charge in [-0.05, 0) is 79.9 Å². The van der Waals surface area contributed by atoms with Crippen molar-refractivity contribution in [3.05, 3.63) is 94.6 Å². The summed E-state index contributed by atoms with van der Waals surface area (Å²) in [5.74, 6) is -1.05. The number of rotatable bonds is 8. The fraction of sp³-hybridized carbons (Fsp3) is 0.258. The molecule has 1 heterocycles. The first-order valence-corrected chi connectivity index (χ1v) is 12.5. The largest absolute Gasteiger partial charge is 0.507 e. The number of aliphatic hydroxyl groups excluding tert-OH is 1. The van der Waals surface area contributed by atoms with Gasteiger partial charge in [0.2, 0.25) is 0 Å². The highest BCUT2D eigenvalue weighted by Gasteiger charge is 2.47. The highest BCUT2D eigenvalue weighted by atomic mass is 16.5. The first-order chi connectivity index (χ1) is 18.6. The lowest BCUT2D eigenvalue weighted by atomic mass is 9.94. The van der Waals surface area contributed by atoms with E-state index in [1.807, 2.05) is 20.8 Å². The van der Waals surface area contributed by atoms with Crippen LogP contribution >= 0.6 is 0 Å². The van der Waals surface area contributed by atoms with Gasteiger partial charge in [0.15, 0.2) is 0 Å². The molecule has 0 saturated carbocycles. The number of Topliss-reactive ketones (excluding diaryl/α,β-unsaturated/α-hetero) is 1. The molecule has 1 fully saturated rings. The molecule has 0 aliphatic carbocycles. The summed E-state index contributed by atoms with van der Waals surface area (Å²) in [5, 5.41) is 11.5. The van der Waals surface area contributed by atoms with E-state index in [-0.39, 0.29) is 29.8 Å². The molecule has 1 aliphatic heterocycles. The van der Waals surface area contributed by atoms with Gasteiger partial charge in [0.1, 0.15) is 17.3 Å². The molecule has 202 valence electrons. The van der Waals surface area contributed by atoms with Gasteiger partial charge in [0.05, 0.1) is 38.4 Å². The van der Waals surface area contributed by atoms with Crippen molar-refractivity contribution in [2.75, 3.05) is 19.1 Å². The number of hydrogen-bond donors (Lipinski definition) is 1. The molecule has 1 amide bonds. The first kappa shape index (κ1) is 27.4. The van der Waals surface area contributed by atoms with Crippen molar-refractivity contribution in [2.45, 2.75) is 39.3 Å². The highest BCUT2D eigenvalue weighted by molar-refractivity contribution is 6.51. The Balaban J connectivity index is 1.84. The number of ether oxygens (including phenoxy) is 3. The van der Waals surface area contributed by atoms with Crippen LogP contribution in [0.4, 0.5) is 5.69 Å². The Kier molecular flexibility index (Phi) is 8.04. The van der Waals surface area contributed by atoms with Crippen molar-refractivity contribution in [3.8, 4) is 11.5 Å². The number of anilines is 1. The van der Waals surface area contributed by atoms with Crippen LogP contribution in [0.1, 0.15) is 42.1 Å². The number of aliphatic hydroxyl groups is 1. The number of nitrogens with zero attached hydrogens (tertiary/aromatic N) is 1. The minimum atomic E-state index is -0.918. The Labute approximate surface area is 227 Å². The Bertz CT molecular complexity index is 1440. The molecule has 0 aromatic heterocycles. The van der Waals surface area contributed by atoms with Crippen molar-refractivity contribution in [1.29, 1.82) is 0 Å². The van der Waals surface area contributed by atoms with Crippen molar-refractivity contribution in [2.24, 2.45) is 0 Å². The number of aryl methyl sites for hydroxylation is 1. The molecule has 1 N–H and O–H groups in total. The second-order valence-electron chi connectivity index (χ2n) is 9.51. The number of hydrogen-bond acceptors (Lipinski definition) is 7. The number of esters is 1. The monoisotopic (exact) mass is 529 g/mol. The zero-order valence-corrected chi connectivity index (χ0v) is 22.6. The Morgan fingerprint density at radius 2 is 1.72 bits per heavy atom. The van der Waals surface area contributed by atoms with Crippen LogP contribution in [-0.2, 0) is 25.5 Å². The van der Waals surface area contributed by atoms with Crippen molar-refractivity contribution in [1.82, 2.24) is 0 Å². The third-order valence-corrected chi connectivity index (χ3v) is 6.46. The van der Waals surface area contributed by atoms with Crippen molar-refractivity contribution < 1.29 is 33.7 Å². The zero-order chi connectivity index (χ0) is 28.3. The van der Waals surface area contributed by atoms with Gasteiger partial charge in [-0.15, -0.1) is 0 Å². The third kappa shape index (κ3) is 5.65. The van der Waals surface area contributed by atoms with E-state index in [2.05, 4.69) is 0 Å². The molecule has 0 radical (unpaired) electrons. The molecule has 39 heavy (non-hydrogen) atoms. The molecule has 1 atom stereocenters. The standard InChI is InChI=1S/C31H31NO7/c1-18(2)39-25-14-11-22(15-19(25)3)29(34)27-28(21-7-6-8-24(17-21)37-4)32(31(36)30(27)35)23-12-9-20(10-13-23)16-26(33)38-5/h6-15,17-18,28,34H,16H2,1-5H3/b29-27+. The number of carbonyl (C=O) groups is 3. The van der Waals surface area contributed by atoms with Gasteiger partial charge in [-0.3, -0.25) is 19.3 Å². The second-order valence-corrected chi connectivity index (χ2v) is 9.51. The fourth-order valence-electron chi connectivity index (χ4n) is 4.58. The van der Waals surface area contributed by atoms with Crippen LogP contribution < -0.4 is 14.4 Å². The number of benzene rings is 3. The number of ketones is 1. The van der Waals surface area contributed by atoms with Crippen LogP contribution in [0.25, 0.3) is 5.76 Å². The maximum Gasteiger partial charge on any atom is 0.309 e. The van der Waals surface area contributed by atoms with Crippen molar-refractivity contribution >= 4 is 29.1 Å². The van der Waals surface area contributed by atoms with E-state index in [4.69, 9.17) is 14.2 Å². The molecule has 8 nitrogen and oxygen atoms in total. The van der Waals surface area contributed by atoms with Crippen LogP contribution in [0.2, 0.25) is 0 Å². The van der Waals surface area contributed by atoms with Gasteiger partial charge < -0.3 is 19.3 Å². The summed E-state index contributed by atoms with van der Waals surface area (Å²) < 4.78 is 15.9. The number of amides is 1. The van der Waals surface area contributed by atoms with Gasteiger partial charge in [-0.25, -0.2) is 0 Å². The summed E-state index contributed by atoms with van der Waals surface area (Å²) >= 11 is 0. The molecule has 1 unspecified atom stereocenters. The average molecular weight is 530 g/mol. The highest BCUT2D eigenvalue weighted by Crippen LogP contribution is 2.43. The summed E-state index contributed by atoms with van der Waals surface area (Å²) in [6.07, 6.45) is 0.0469. The number of methoxy groups -OCH3 is 2. The Hall–Kier alpha value is -4.59. The molecule has 0 spiro atoms. The van der Waals surface area contributed by atoms with Crippen LogP contribution in [0, 0.1) is 6.92 Å². The van der Waals surface area contributed by atoms with Crippen LogP contribution in [0.15, 0.2) is 72.3 Å². The molecule has 3 aromatic carbocycles. The van der Waals surface area contributed by atoms with Crippen LogP contribution in [0.3, 0.4) is 0 Å². The fourth-order valence-corrected chi connectivity index (χ4v) is 4.58. The first-order valence-electron chi connectivity index (χ1n) is 12.5. The smallest absolute Gasteiger partial charge is 0.309 e. The third-order valence-electron chi connectivity index (χ3n) is 6.46. The minimum Gasteiger partial charge on any atom is -0.507 e. The molecule has 0 bridgehead atoms. The maximum atomic E-state index is 13.5. The molecule has 3 aromatic rings. The van der Waals surface area contributed by atoms with E-state index in [1.165, 1.54) is 19.1 Å². The molecular formula is C31H31NO7. The summed E-state index contributed by atoms with van der Waals surface area (Å²) in [5.41, 5.74) is 2.85. The summed E-state index contributed by atoms with van der Waals surface area (Å²) in [6.45, 7) is 5.69. The van der Waals surface area contributed by atoms with Crippen LogP contribution in [0.5, 0.6) is 11.5 Å². The van der Waals surface area contributed by atoms with E-state index < -0.39 is 17.7 Å². The molecule has 4 rings (SSSR count). The topological polar surface area (TPSA) is 102 Å². The van der Waals surface area contributed by atoms with Gasteiger partial charge in [0, 0.05) is 11.3 Å². The average Bonchev–Trinajstić information content (AvgIpc) is 3.19. The van der Waals surface area contributed by atoms with E-state index in [1.54, 1.807) is 66.7 Å². The Morgan fingerprint density at radius 1 is 1.00 bits per heavy atom. The van der Waals surface area contributed by atoms with Gasteiger partial charge in [0.25, 0.3) is 11.7 Å². The van der Waals surface area contributed by atoms with E-state index >= 15 is 0 Å². The quantitative estimate of drug-likeness (QED) is 0.187. The van der Waals surface area contributed by atoms with Gasteiger partial charge in [-0.1, -0.05) is 24.3 Å². The van der Waals surface area contributed by atoms with E-state index in [0.29, 0.717) is 33.9 Å². The van der Waals surface area contributed by atoms with Gasteiger partial charge >= 0.3 is 5.97 Å². The lowest BCUT2D eigenvalue weighted by Gasteiger charge is -2.26.